The van der Waals surface area contributed by atoms with E-state index in [1.54, 1.807) is 66.3 Å². The standard InChI is InChI=1S/C22H26N4O4S2/c1-4-19(21(27)23-16-11-13-17(30-3)14-12-16)31-22-25-24-20(26(22)5-2)15-32(28,29)18-9-7-6-8-10-18/h6-14,19H,4-5,15H2,1-3H3,(H,23,27). The highest BCUT2D eigenvalue weighted by molar-refractivity contribution is 8.00. The fourth-order valence-electron chi connectivity index (χ4n) is 3.06. The zero-order valence-corrected chi connectivity index (χ0v) is 19.8. The predicted octanol–water partition coefficient (Wildman–Crippen LogP) is 3.79. The number of hydrogen-bond donors (Lipinski definition) is 1. The normalized spacial score (nSPS) is 12.3. The van der Waals surface area contributed by atoms with Crippen molar-refractivity contribution < 1.29 is 17.9 Å². The maximum absolute atomic E-state index is 12.8. The van der Waals surface area contributed by atoms with E-state index in [9.17, 15) is 13.2 Å². The number of carbonyl (C=O) groups excluding carboxylic acids is 1. The number of anilines is 1. The summed E-state index contributed by atoms with van der Waals surface area (Å²) < 4.78 is 32.4. The zero-order valence-electron chi connectivity index (χ0n) is 18.2. The summed E-state index contributed by atoms with van der Waals surface area (Å²) >= 11 is 1.28. The van der Waals surface area contributed by atoms with Crippen LogP contribution in [0.4, 0.5) is 5.69 Å². The van der Waals surface area contributed by atoms with Crippen molar-refractivity contribution in [2.24, 2.45) is 0 Å². The minimum absolute atomic E-state index is 0.160. The molecular weight excluding hydrogens is 448 g/mol. The molecule has 0 aliphatic heterocycles. The summed E-state index contributed by atoms with van der Waals surface area (Å²) in [6, 6.07) is 15.4. The van der Waals surface area contributed by atoms with Crippen LogP contribution >= 0.6 is 11.8 Å². The van der Waals surface area contributed by atoms with E-state index in [4.69, 9.17) is 4.74 Å². The molecule has 0 radical (unpaired) electrons. The van der Waals surface area contributed by atoms with Gasteiger partial charge in [0.25, 0.3) is 0 Å². The summed E-state index contributed by atoms with van der Waals surface area (Å²) in [5, 5.41) is 11.3. The molecule has 0 saturated carbocycles. The molecule has 3 rings (SSSR count). The number of carbonyl (C=O) groups is 1. The van der Waals surface area contributed by atoms with Gasteiger partial charge in [0.2, 0.25) is 5.91 Å². The third-order valence-electron chi connectivity index (χ3n) is 4.80. The number of nitrogens with zero attached hydrogens (tertiary/aromatic N) is 3. The Bertz CT molecular complexity index is 1150. The van der Waals surface area contributed by atoms with E-state index in [-0.39, 0.29) is 16.6 Å². The van der Waals surface area contributed by atoms with Gasteiger partial charge in [-0.2, -0.15) is 0 Å². The van der Waals surface area contributed by atoms with E-state index in [0.29, 0.717) is 35.4 Å². The zero-order chi connectivity index (χ0) is 23.1. The number of thioether (sulfide) groups is 1. The molecular formula is C22H26N4O4S2. The minimum Gasteiger partial charge on any atom is -0.497 e. The molecule has 10 heteroatoms. The molecule has 8 nitrogen and oxygen atoms in total. The molecule has 1 heterocycles. The van der Waals surface area contributed by atoms with Crippen LogP contribution in [0.3, 0.4) is 0 Å². The summed E-state index contributed by atoms with van der Waals surface area (Å²) in [6.45, 7) is 4.30. The van der Waals surface area contributed by atoms with Gasteiger partial charge in [-0.15, -0.1) is 10.2 Å². The lowest BCUT2D eigenvalue weighted by atomic mass is 10.2. The van der Waals surface area contributed by atoms with E-state index in [1.165, 1.54) is 11.8 Å². The Kier molecular flexibility index (Phi) is 7.92. The molecule has 3 aromatic rings. The third kappa shape index (κ3) is 5.68. The molecule has 1 atom stereocenters. The number of ether oxygens (including phenoxy) is 1. The number of nitrogens with one attached hydrogen (secondary N) is 1. The first-order valence-corrected chi connectivity index (χ1v) is 12.7. The Hall–Kier alpha value is -2.85. The highest BCUT2D eigenvalue weighted by Crippen LogP contribution is 2.27. The number of rotatable bonds is 10. The third-order valence-corrected chi connectivity index (χ3v) is 7.77. The van der Waals surface area contributed by atoms with Gasteiger partial charge in [-0.05, 0) is 49.7 Å². The van der Waals surface area contributed by atoms with Crippen LogP contribution in [0.15, 0.2) is 64.6 Å². The highest BCUT2D eigenvalue weighted by Gasteiger charge is 2.25. The molecule has 0 aliphatic rings. The fourth-order valence-corrected chi connectivity index (χ4v) is 5.39. The van der Waals surface area contributed by atoms with Crippen molar-refractivity contribution in [3.8, 4) is 5.75 Å². The van der Waals surface area contributed by atoms with Crippen molar-refractivity contribution in [1.82, 2.24) is 14.8 Å². The Morgan fingerprint density at radius 1 is 1.09 bits per heavy atom. The first-order valence-electron chi connectivity index (χ1n) is 10.2. The van der Waals surface area contributed by atoms with Crippen molar-refractivity contribution in [2.45, 2.75) is 47.9 Å². The first-order chi connectivity index (χ1) is 15.4. The van der Waals surface area contributed by atoms with Crippen molar-refractivity contribution >= 4 is 33.2 Å². The topological polar surface area (TPSA) is 103 Å². The monoisotopic (exact) mass is 474 g/mol. The van der Waals surface area contributed by atoms with Gasteiger partial charge in [-0.25, -0.2) is 8.42 Å². The minimum atomic E-state index is -3.55. The summed E-state index contributed by atoms with van der Waals surface area (Å²) in [4.78, 5) is 13.0. The molecule has 0 spiro atoms. The smallest absolute Gasteiger partial charge is 0.237 e. The van der Waals surface area contributed by atoms with Gasteiger partial charge in [0.15, 0.2) is 15.0 Å². The average Bonchev–Trinajstić information content (AvgIpc) is 3.18. The summed E-state index contributed by atoms with van der Waals surface area (Å²) in [7, 11) is -1.97. The lowest BCUT2D eigenvalue weighted by Crippen LogP contribution is -2.25. The van der Waals surface area contributed by atoms with Crippen LogP contribution < -0.4 is 10.1 Å². The molecule has 1 N–H and O–H groups in total. The lowest BCUT2D eigenvalue weighted by Gasteiger charge is -2.15. The number of hydrogen-bond acceptors (Lipinski definition) is 7. The van der Waals surface area contributed by atoms with Crippen molar-refractivity contribution in [3.63, 3.8) is 0 Å². The van der Waals surface area contributed by atoms with Gasteiger partial charge in [0.1, 0.15) is 17.3 Å². The van der Waals surface area contributed by atoms with Crippen LogP contribution in [-0.2, 0) is 26.9 Å². The van der Waals surface area contributed by atoms with E-state index in [0.717, 1.165) is 0 Å². The fraction of sp³-hybridized carbons (Fsp3) is 0.318. The molecule has 1 unspecified atom stereocenters. The number of sulfone groups is 1. The van der Waals surface area contributed by atoms with Crippen LogP contribution in [0.25, 0.3) is 0 Å². The van der Waals surface area contributed by atoms with Gasteiger partial charge in [0.05, 0.1) is 17.3 Å². The van der Waals surface area contributed by atoms with Gasteiger partial charge in [-0.3, -0.25) is 4.79 Å². The first kappa shape index (κ1) is 23.8. The number of amides is 1. The Balaban J connectivity index is 1.74. The summed E-state index contributed by atoms with van der Waals surface area (Å²) in [5.74, 6) is 0.641. The van der Waals surface area contributed by atoms with Crippen LogP contribution in [0.1, 0.15) is 26.1 Å². The molecule has 1 amide bonds. The maximum Gasteiger partial charge on any atom is 0.237 e. The molecule has 2 aromatic carbocycles. The Labute approximate surface area is 192 Å². The molecule has 170 valence electrons. The maximum atomic E-state index is 12.8. The predicted molar refractivity (Wildman–Crippen MR) is 125 cm³/mol. The van der Waals surface area contributed by atoms with E-state index in [1.807, 2.05) is 13.8 Å². The van der Waals surface area contributed by atoms with Crippen molar-refractivity contribution in [2.75, 3.05) is 12.4 Å². The molecule has 32 heavy (non-hydrogen) atoms. The van der Waals surface area contributed by atoms with E-state index >= 15 is 0 Å². The van der Waals surface area contributed by atoms with Crippen molar-refractivity contribution in [1.29, 1.82) is 0 Å². The van der Waals surface area contributed by atoms with Crippen LogP contribution in [-0.4, -0.2) is 41.4 Å². The molecule has 0 saturated heterocycles. The van der Waals surface area contributed by atoms with Gasteiger partial charge in [0, 0.05) is 12.2 Å². The second kappa shape index (κ2) is 10.6. The van der Waals surface area contributed by atoms with Gasteiger partial charge >= 0.3 is 0 Å². The largest absolute Gasteiger partial charge is 0.497 e. The van der Waals surface area contributed by atoms with Crippen LogP contribution in [0.5, 0.6) is 5.75 Å². The molecule has 0 bridgehead atoms. The van der Waals surface area contributed by atoms with E-state index in [2.05, 4.69) is 15.5 Å². The van der Waals surface area contributed by atoms with Gasteiger partial charge in [-0.1, -0.05) is 36.9 Å². The second-order valence-electron chi connectivity index (χ2n) is 6.95. The highest BCUT2D eigenvalue weighted by atomic mass is 32.2. The van der Waals surface area contributed by atoms with Crippen LogP contribution in [0, 0.1) is 0 Å². The average molecular weight is 475 g/mol. The SMILES string of the molecule is CCC(Sc1nnc(CS(=O)(=O)c2ccccc2)n1CC)C(=O)Nc1ccc(OC)cc1. The van der Waals surface area contributed by atoms with E-state index < -0.39 is 15.1 Å². The Morgan fingerprint density at radius 3 is 2.38 bits per heavy atom. The van der Waals surface area contributed by atoms with Crippen molar-refractivity contribution in [3.05, 3.63) is 60.4 Å². The number of benzene rings is 2. The number of aromatic nitrogens is 3. The molecule has 0 aliphatic carbocycles. The number of methoxy groups -OCH3 is 1. The van der Waals surface area contributed by atoms with Gasteiger partial charge < -0.3 is 14.6 Å². The quantitative estimate of drug-likeness (QED) is 0.446. The second-order valence-corrected chi connectivity index (χ2v) is 10.1. The molecule has 1 aromatic heterocycles. The summed E-state index contributed by atoms with van der Waals surface area (Å²) in [5.41, 5.74) is 0.668. The van der Waals surface area contributed by atoms with Crippen LogP contribution in [0.2, 0.25) is 0 Å². The Morgan fingerprint density at radius 2 is 1.78 bits per heavy atom. The molecule has 0 fully saturated rings. The summed E-state index contributed by atoms with van der Waals surface area (Å²) in [6.07, 6.45) is 0.570. The lowest BCUT2D eigenvalue weighted by molar-refractivity contribution is -0.115.